The van der Waals surface area contributed by atoms with E-state index < -0.39 is 5.60 Å². The summed E-state index contributed by atoms with van der Waals surface area (Å²) in [7, 11) is 0. The molecule has 1 atom stereocenters. The summed E-state index contributed by atoms with van der Waals surface area (Å²) >= 11 is 0. The van der Waals surface area contributed by atoms with Gasteiger partial charge in [-0.3, -0.25) is 4.90 Å². The maximum atomic E-state index is 12.8. The summed E-state index contributed by atoms with van der Waals surface area (Å²) in [6, 6.07) is 15.9. The van der Waals surface area contributed by atoms with E-state index in [-0.39, 0.29) is 12.1 Å². The lowest BCUT2D eigenvalue weighted by atomic mass is 9.93. The van der Waals surface area contributed by atoms with Crippen LogP contribution in [0.15, 0.2) is 67.3 Å². The molecule has 5 aromatic rings. The van der Waals surface area contributed by atoms with Crippen molar-refractivity contribution in [1.82, 2.24) is 28.8 Å². The molecule has 2 saturated heterocycles. The first-order chi connectivity index (χ1) is 21.8. The molecule has 0 radical (unpaired) electrons. The molecule has 45 heavy (non-hydrogen) atoms. The van der Waals surface area contributed by atoms with E-state index in [0.29, 0.717) is 24.0 Å². The largest absolute Gasteiger partial charge is 0.473 e. The van der Waals surface area contributed by atoms with Crippen molar-refractivity contribution < 1.29 is 19.0 Å². The topological polar surface area (TPSA) is 96.0 Å². The van der Waals surface area contributed by atoms with Gasteiger partial charge in [-0.25, -0.2) is 19.7 Å². The number of fused-ring (bicyclic) bond motifs is 2. The molecule has 2 fully saturated rings. The quantitative estimate of drug-likeness (QED) is 0.194. The lowest BCUT2D eigenvalue weighted by Crippen LogP contribution is -2.35. The van der Waals surface area contributed by atoms with Crippen molar-refractivity contribution in [3.8, 4) is 5.88 Å². The van der Waals surface area contributed by atoms with Gasteiger partial charge in [-0.2, -0.15) is 0 Å². The van der Waals surface area contributed by atoms with E-state index in [1.165, 1.54) is 0 Å². The third kappa shape index (κ3) is 6.72. The number of piperidine rings is 1. The number of likely N-dealkylation sites (tertiary alicyclic amines) is 1. The molecule has 2 aliphatic heterocycles. The Hall–Kier alpha value is -4.28. The van der Waals surface area contributed by atoms with Gasteiger partial charge in [-0.1, -0.05) is 6.07 Å². The smallest absolute Gasteiger partial charge is 0.338 e. The molecule has 234 valence electrons. The monoisotopic (exact) mass is 608 g/mol. The van der Waals surface area contributed by atoms with Crippen molar-refractivity contribution in [2.45, 2.75) is 77.4 Å². The van der Waals surface area contributed by atoms with E-state index in [1.54, 1.807) is 6.33 Å². The molecule has 0 aliphatic carbocycles. The summed E-state index contributed by atoms with van der Waals surface area (Å²) in [5, 5.41) is 0. The number of hydrogen-bond donors (Lipinski definition) is 0. The fourth-order valence-electron chi connectivity index (χ4n) is 6.13. The van der Waals surface area contributed by atoms with Crippen molar-refractivity contribution in [3.05, 3.63) is 89.9 Å². The molecule has 4 aromatic heterocycles. The van der Waals surface area contributed by atoms with E-state index in [1.807, 2.05) is 74.0 Å². The number of esters is 1. The summed E-state index contributed by atoms with van der Waals surface area (Å²) in [4.78, 5) is 29.4. The molecule has 1 aromatic carbocycles. The van der Waals surface area contributed by atoms with E-state index in [4.69, 9.17) is 24.2 Å². The maximum Gasteiger partial charge on any atom is 0.338 e. The van der Waals surface area contributed by atoms with Gasteiger partial charge in [0.2, 0.25) is 5.88 Å². The van der Waals surface area contributed by atoms with Crippen molar-refractivity contribution >= 4 is 22.5 Å². The standard InChI is InChI=1S/C35H40N6O4/c1-35(2,3)45-34(42)26-7-8-30-31(18-26)41(20-28-12-16-43-28)32(37-30)21-39-13-10-25(11-14-39)29-5-4-6-33(38-29)44-22-24-9-15-40-23-36-19-27(40)17-24/h4-9,15,17-19,23,25,28H,10-14,16,20-22H2,1-3H3. The molecule has 0 saturated carbocycles. The van der Waals surface area contributed by atoms with Crippen LogP contribution in [0.4, 0.5) is 0 Å². The third-order valence-corrected chi connectivity index (χ3v) is 8.62. The summed E-state index contributed by atoms with van der Waals surface area (Å²) in [5.41, 5.74) is 5.04. The zero-order valence-corrected chi connectivity index (χ0v) is 26.2. The van der Waals surface area contributed by atoms with Gasteiger partial charge in [0.15, 0.2) is 0 Å². The highest BCUT2D eigenvalue weighted by molar-refractivity contribution is 5.94. The summed E-state index contributed by atoms with van der Waals surface area (Å²) in [5.74, 6) is 1.72. The van der Waals surface area contributed by atoms with Crippen molar-refractivity contribution in [3.63, 3.8) is 0 Å². The second-order valence-electron chi connectivity index (χ2n) is 13.1. The van der Waals surface area contributed by atoms with Crippen LogP contribution in [-0.4, -0.2) is 66.2 Å². The first kappa shape index (κ1) is 29.4. The van der Waals surface area contributed by atoms with Gasteiger partial charge >= 0.3 is 5.97 Å². The number of hydrogen-bond acceptors (Lipinski definition) is 8. The van der Waals surface area contributed by atoms with Crippen molar-refractivity contribution in [1.29, 1.82) is 0 Å². The lowest BCUT2D eigenvalue weighted by Gasteiger charge is -2.32. The minimum absolute atomic E-state index is 0.173. The van der Waals surface area contributed by atoms with Gasteiger partial charge in [0.05, 0.1) is 53.8 Å². The zero-order valence-electron chi connectivity index (χ0n) is 26.2. The Labute approximate surface area is 263 Å². The number of ether oxygens (including phenoxy) is 3. The van der Waals surface area contributed by atoms with Crippen LogP contribution in [0, 0.1) is 0 Å². The number of nitrogens with zero attached hydrogens (tertiary/aromatic N) is 6. The van der Waals surface area contributed by atoms with Gasteiger partial charge in [0, 0.05) is 30.5 Å². The number of carbonyl (C=O) groups excluding carboxylic acids is 1. The van der Waals surface area contributed by atoms with Crippen LogP contribution in [0.2, 0.25) is 0 Å². The number of rotatable bonds is 9. The second-order valence-corrected chi connectivity index (χ2v) is 13.1. The second kappa shape index (κ2) is 12.3. The van der Waals surface area contributed by atoms with Crippen LogP contribution in [-0.2, 0) is 29.2 Å². The van der Waals surface area contributed by atoms with Crippen LogP contribution < -0.4 is 4.74 Å². The van der Waals surface area contributed by atoms with Crippen LogP contribution in [0.25, 0.3) is 16.6 Å². The first-order valence-corrected chi connectivity index (χ1v) is 15.8. The number of imidazole rings is 2. The first-order valence-electron chi connectivity index (χ1n) is 15.8. The highest BCUT2D eigenvalue weighted by atomic mass is 16.6. The fraction of sp³-hybridized carbons (Fsp3) is 0.429. The molecular formula is C35H40N6O4. The van der Waals surface area contributed by atoms with E-state index in [9.17, 15) is 4.79 Å². The van der Waals surface area contributed by atoms with Gasteiger partial charge in [0.1, 0.15) is 18.0 Å². The average Bonchev–Trinajstić information content (AvgIpc) is 3.61. The van der Waals surface area contributed by atoms with E-state index in [0.717, 1.165) is 85.7 Å². The normalized spacial score (nSPS) is 17.9. The molecule has 0 spiro atoms. The van der Waals surface area contributed by atoms with Gasteiger partial charge in [-0.05, 0) is 95.1 Å². The Bertz CT molecular complexity index is 1810. The minimum atomic E-state index is -0.552. The van der Waals surface area contributed by atoms with E-state index in [2.05, 4.69) is 26.6 Å². The van der Waals surface area contributed by atoms with Crippen LogP contribution in [0.3, 0.4) is 0 Å². The Morgan fingerprint density at radius 2 is 1.89 bits per heavy atom. The van der Waals surface area contributed by atoms with Crippen molar-refractivity contribution in [2.24, 2.45) is 0 Å². The third-order valence-electron chi connectivity index (χ3n) is 8.62. The van der Waals surface area contributed by atoms with Gasteiger partial charge in [-0.15, -0.1) is 0 Å². The number of pyridine rings is 2. The number of carbonyl (C=O) groups is 1. The molecule has 0 bridgehead atoms. The molecule has 7 rings (SSSR count). The van der Waals surface area contributed by atoms with Gasteiger partial charge < -0.3 is 23.2 Å². The number of aromatic nitrogens is 5. The molecule has 6 heterocycles. The summed E-state index contributed by atoms with van der Waals surface area (Å²) < 4.78 is 21.7. The molecule has 2 aliphatic rings. The average molecular weight is 609 g/mol. The summed E-state index contributed by atoms with van der Waals surface area (Å²) in [6.45, 7) is 10.3. The highest BCUT2D eigenvalue weighted by Crippen LogP contribution is 2.30. The van der Waals surface area contributed by atoms with Crippen LogP contribution >= 0.6 is 0 Å². The van der Waals surface area contributed by atoms with Crippen molar-refractivity contribution in [2.75, 3.05) is 19.7 Å². The van der Waals surface area contributed by atoms with E-state index >= 15 is 0 Å². The Morgan fingerprint density at radius 3 is 2.67 bits per heavy atom. The highest BCUT2D eigenvalue weighted by Gasteiger charge is 2.27. The predicted octanol–water partition coefficient (Wildman–Crippen LogP) is 5.78. The maximum absolute atomic E-state index is 12.8. The zero-order chi connectivity index (χ0) is 31.0. The summed E-state index contributed by atoms with van der Waals surface area (Å²) in [6.07, 6.45) is 8.87. The molecule has 10 heteroatoms. The molecule has 0 amide bonds. The molecular weight excluding hydrogens is 568 g/mol. The lowest BCUT2D eigenvalue weighted by molar-refractivity contribution is -0.0592. The van der Waals surface area contributed by atoms with Crippen LogP contribution in [0.5, 0.6) is 5.88 Å². The molecule has 1 unspecified atom stereocenters. The Kier molecular flexibility index (Phi) is 8.01. The molecule has 10 nitrogen and oxygen atoms in total. The predicted molar refractivity (Wildman–Crippen MR) is 170 cm³/mol. The Morgan fingerprint density at radius 1 is 1.04 bits per heavy atom. The van der Waals surface area contributed by atoms with Gasteiger partial charge in [0.25, 0.3) is 0 Å². The number of benzene rings is 1. The molecule has 0 N–H and O–H groups in total. The fourth-order valence-corrected chi connectivity index (χ4v) is 6.13. The van der Waals surface area contributed by atoms with Crippen LogP contribution in [0.1, 0.15) is 73.4 Å². The SMILES string of the molecule is CC(C)(C)OC(=O)c1ccc2nc(CN3CCC(c4cccc(OCc5ccn6cncc6c5)n4)CC3)n(CC3CCO3)c2c1. The minimum Gasteiger partial charge on any atom is -0.473 e. The Balaban J connectivity index is 1.01.